The van der Waals surface area contributed by atoms with Gasteiger partial charge in [0.25, 0.3) is 0 Å². The monoisotopic (exact) mass is 778 g/mol. The van der Waals surface area contributed by atoms with Gasteiger partial charge in [-0.1, -0.05) is 67.2 Å². The zero-order chi connectivity index (χ0) is 32.8. The summed E-state index contributed by atoms with van der Waals surface area (Å²) in [5, 5.41) is 4.19. The summed E-state index contributed by atoms with van der Waals surface area (Å²) in [7, 11) is 1.28. The van der Waals surface area contributed by atoms with E-state index in [1.54, 1.807) is 48.5 Å². The van der Waals surface area contributed by atoms with E-state index in [0.717, 1.165) is 31.0 Å². The van der Waals surface area contributed by atoms with Gasteiger partial charge in [0.05, 0.1) is 7.11 Å². The van der Waals surface area contributed by atoms with Crippen LogP contribution in [0.2, 0.25) is 10.3 Å². The first-order chi connectivity index (χ1) is 22.1. The lowest BCUT2D eigenvalue weighted by Gasteiger charge is -2.11. The molecule has 3 aromatic heterocycles. The molecule has 0 saturated carbocycles. The van der Waals surface area contributed by atoms with Gasteiger partial charge in [-0.2, -0.15) is 0 Å². The average molecular weight is 781 g/mol. The normalized spacial score (nSPS) is 10.5. The number of amides is 1. The van der Waals surface area contributed by atoms with E-state index in [0.29, 0.717) is 33.1 Å². The number of fused-ring (bicyclic) bond motifs is 1. The zero-order valence-electron chi connectivity index (χ0n) is 23.9. The summed E-state index contributed by atoms with van der Waals surface area (Å²) in [4.78, 5) is 47.9. The second-order valence-electron chi connectivity index (χ2n) is 9.71. The third kappa shape index (κ3) is 8.07. The molecule has 0 atom stereocenters. The minimum absolute atomic E-state index is 0.0868. The minimum Gasteiger partial charge on any atom is -0.453 e. The third-order valence-electron chi connectivity index (χ3n) is 6.64. The van der Waals surface area contributed by atoms with Crippen molar-refractivity contribution in [3.63, 3.8) is 0 Å². The summed E-state index contributed by atoms with van der Waals surface area (Å²) in [5.41, 5.74) is 5.07. The lowest BCUT2D eigenvalue weighted by atomic mass is 9.96. The standard InChI is InChI=1S/C22H16ClN3O3.C12H6Br2ClNO/c1-29-22(28)26-16-10-14(17-3-2-4-19-18(17)6-8-24-19)9-15(11-16)21(27)13-5-7-25-20(23)12-13;13-9-3-8(4-10(14)6-9)12(17)7-1-2-16-11(15)5-7/h2-12,24H,1H3,(H,26,28);1-6H. The highest BCUT2D eigenvalue weighted by Gasteiger charge is 2.16. The number of pyridine rings is 2. The van der Waals surface area contributed by atoms with Crippen LogP contribution in [0, 0.1) is 0 Å². The average Bonchev–Trinajstić information content (AvgIpc) is 3.53. The molecular weight excluding hydrogens is 759 g/mol. The number of rotatable bonds is 6. The largest absolute Gasteiger partial charge is 0.453 e. The molecule has 0 saturated heterocycles. The Balaban J connectivity index is 0.000000209. The van der Waals surface area contributed by atoms with E-state index in [2.05, 4.69) is 52.1 Å². The van der Waals surface area contributed by atoms with E-state index in [9.17, 15) is 14.4 Å². The molecule has 0 unspecified atom stereocenters. The molecule has 0 aliphatic carbocycles. The maximum Gasteiger partial charge on any atom is 0.411 e. The molecule has 0 bridgehead atoms. The van der Waals surface area contributed by atoms with Crippen molar-refractivity contribution < 1.29 is 19.1 Å². The molecule has 0 radical (unpaired) electrons. The fourth-order valence-electron chi connectivity index (χ4n) is 4.60. The van der Waals surface area contributed by atoms with Gasteiger partial charge in [-0.05, 0) is 83.9 Å². The van der Waals surface area contributed by atoms with Gasteiger partial charge in [0.1, 0.15) is 10.3 Å². The number of ether oxygens (including phenoxy) is 1. The smallest absolute Gasteiger partial charge is 0.411 e. The number of benzene rings is 3. The van der Waals surface area contributed by atoms with Crippen LogP contribution in [-0.4, -0.2) is 39.7 Å². The topological polar surface area (TPSA) is 114 Å². The summed E-state index contributed by atoms with van der Waals surface area (Å²) in [6, 6.07) is 24.7. The summed E-state index contributed by atoms with van der Waals surface area (Å²) in [6.07, 6.45) is 4.23. The highest BCUT2D eigenvalue weighted by molar-refractivity contribution is 9.11. The highest BCUT2D eigenvalue weighted by atomic mass is 79.9. The van der Waals surface area contributed by atoms with Crippen LogP contribution in [0.4, 0.5) is 10.5 Å². The van der Waals surface area contributed by atoms with Crippen LogP contribution in [0.5, 0.6) is 0 Å². The van der Waals surface area contributed by atoms with Crippen LogP contribution in [0.25, 0.3) is 22.0 Å². The van der Waals surface area contributed by atoms with E-state index < -0.39 is 6.09 Å². The van der Waals surface area contributed by atoms with Gasteiger partial charge in [-0.15, -0.1) is 0 Å². The lowest BCUT2D eigenvalue weighted by Crippen LogP contribution is -2.12. The van der Waals surface area contributed by atoms with E-state index in [1.807, 2.05) is 36.5 Å². The Morgan fingerprint density at radius 3 is 1.93 bits per heavy atom. The molecule has 8 nitrogen and oxygen atoms in total. The SMILES string of the molecule is COC(=O)Nc1cc(C(=O)c2ccnc(Cl)c2)cc(-c2cccc3[nH]ccc23)c1.O=C(c1cc(Br)cc(Br)c1)c1ccnc(Cl)c1. The van der Waals surface area contributed by atoms with Crippen LogP contribution >= 0.6 is 55.1 Å². The van der Waals surface area contributed by atoms with Crippen LogP contribution in [-0.2, 0) is 4.74 Å². The first-order valence-corrected chi connectivity index (χ1v) is 15.8. The van der Waals surface area contributed by atoms with Crippen molar-refractivity contribution in [1.82, 2.24) is 15.0 Å². The van der Waals surface area contributed by atoms with Gasteiger partial charge >= 0.3 is 6.09 Å². The van der Waals surface area contributed by atoms with Crippen LogP contribution < -0.4 is 5.32 Å². The number of ketones is 2. The maximum absolute atomic E-state index is 13.1. The highest BCUT2D eigenvalue weighted by Crippen LogP contribution is 2.32. The maximum atomic E-state index is 13.1. The van der Waals surface area contributed by atoms with Crippen LogP contribution in [0.3, 0.4) is 0 Å². The summed E-state index contributed by atoms with van der Waals surface area (Å²) >= 11 is 18.4. The number of carbonyl (C=O) groups is 3. The van der Waals surface area contributed by atoms with Crippen LogP contribution in [0.15, 0.2) is 112 Å². The quantitative estimate of drug-likeness (QED) is 0.129. The molecule has 46 heavy (non-hydrogen) atoms. The van der Waals surface area contributed by atoms with E-state index in [4.69, 9.17) is 27.9 Å². The second-order valence-corrected chi connectivity index (χ2v) is 12.3. The zero-order valence-corrected chi connectivity index (χ0v) is 28.5. The molecular formula is C34H22Br2Cl2N4O4. The molecule has 12 heteroatoms. The minimum atomic E-state index is -0.618. The Morgan fingerprint density at radius 1 is 0.739 bits per heavy atom. The number of H-pyrrole nitrogens is 1. The lowest BCUT2D eigenvalue weighted by molar-refractivity contribution is 0.103. The predicted octanol–water partition coefficient (Wildman–Crippen LogP) is 9.78. The number of aromatic nitrogens is 3. The third-order valence-corrected chi connectivity index (χ3v) is 7.96. The Hall–Kier alpha value is -4.35. The van der Waals surface area contributed by atoms with Gasteiger partial charge in [-0.3, -0.25) is 14.9 Å². The Kier molecular flexibility index (Phi) is 10.6. The van der Waals surface area contributed by atoms with E-state index in [-0.39, 0.29) is 16.7 Å². The van der Waals surface area contributed by atoms with Gasteiger partial charge in [0.15, 0.2) is 11.6 Å². The number of hydrogen-bond donors (Lipinski definition) is 2. The molecule has 1 amide bonds. The van der Waals surface area contributed by atoms with Crippen molar-refractivity contribution >= 4 is 89.3 Å². The van der Waals surface area contributed by atoms with Crippen molar-refractivity contribution in [1.29, 1.82) is 0 Å². The molecule has 0 spiro atoms. The molecule has 0 aliphatic heterocycles. The number of aromatic amines is 1. The summed E-state index contributed by atoms with van der Waals surface area (Å²) < 4.78 is 6.38. The van der Waals surface area contributed by atoms with Crippen molar-refractivity contribution in [2.24, 2.45) is 0 Å². The van der Waals surface area contributed by atoms with Crippen molar-refractivity contribution in [2.45, 2.75) is 0 Å². The Labute approximate surface area is 290 Å². The number of halogens is 4. The number of carbonyl (C=O) groups excluding carboxylic acids is 3. The molecule has 6 rings (SSSR count). The Morgan fingerprint density at radius 2 is 1.35 bits per heavy atom. The molecule has 6 aromatic rings. The first kappa shape index (κ1) is 33.0. The molecule has 0 fully saturated rings. The van der Waals surface area contributed by atoms with Crippen LogP contribution in [0.1, 0.15) is 31.8 Å². The first-order valence-electron chi connectivity index (χ1n) is 13.5. The Bertz CT molecular complexity index is 2080. The van der Waals surface area contributed by atoms with Crippen molar-refractivity contribution in [3.8, 4) is 11.1 Å². The molecule has 230 valence electrons. The number of anilines is 1. The second kappa shape index (κ2) is 14.8. The van der Waals surface area contributed by atoms with Crippen molar-refractivity contribution in [3.05, 3.63) is 145 Å². The summed E-state index contributed by atoms with van der Waals surface area (Å²) in [6.45, 7) is 0. The van der Waals surface area contributed by atoms with E-state index in [1.165, 1.54) is 25.6 Å². The van der Waals surface area contributed by atoms with Gasteiger partial charge in [0, 0.05) is 66.4 Å². The molecule has 3 heterocycles. The summed E-state index contributed by atoms with van der Waals surface area (Å²) in [5.74, 6) is -0.318. The van der Waals surface area contributed by atoms with Gasteiger partial charge < -0.3 is 9.72 Å². The number of hydrogen-bond acceptors (Lipinski definition) is 6. The number of methoxy groups -OCH3 is 1. The fourth-order valence-corrected chi connectivity index (χ4v) is 6.24. The molecule has 3 aromatic carbocycles. The van der Waals surface area contributed by atoms with Crippen molar-refractivity contribution in [2.75, 3.05) is 12.4 Å². The number of nitrogens with one attached hydrogen (secondary N) is 2. The molecule has 2 N–H and O–H groups in total. The van der Waals surface area contributed by atoms with Gasteiger partial charge in [0.2, 0.25) is 0 Å². The molecule has 0 aliphatic rings. The predicted molar refractivity (Wildman–Crippen MR) is 187 cm³/mol. The number of nitrogens with zero attached hydrogens (tertiary/aromatic N) is 2. The van der Waals surface area contributed by atoms with Gasteiger partial charge in [-0.25, -0.2) is 14.8 Å². The van der Waals surface area contributed by atoms with E-state index >= 15 is 0 Å². The fraction of sp³-hybridized carbons (Fsp3) is 0.0294.